The van der Waals surface area contributed by atoms with Crippen LogP contribution in [0.2, 0.25) is 0 Å². The normalized spacial score (nSPS) is 15.5. The van der Waals surface area contributed by atoms with E-state index >= 15 is 0 Å². The lowest BCUT2D eigenvalue weighted by molar-refractivity contribution is -0.379. The van der Waals surface area contributed by atoms with Crippen LogP contribution in [-0.2, 0) is 0 Å². The molecule has 0 amide bonds. The number of pyridine rings is 1. The van der Waals surface area contributed by atoms with Crippen molar-refractivity contribution in [1.29, 1.82) is 0 Å². The number of aromatic nitrogens is 1. The average Bonchev–Trinajstić information content (AvgIpc) is 2.65. The Morgan fingerprint density at radius 1 is 1.00 bits per heavy atom. The number of hydrogen-bond acceptors (Lipinski definition) is 1. The van der Waals surface area contributed by atoms with Crippen LogP contribution in [0.3, 0.4) is 0 Å². The quantitative estimate of drug-likeness (QED) is 0.695. The smallest absolute Gasteiger partial charge is 0.228 e. The number of anilines is 1. The summed E-state index contributed by atoms with van der Waals surface area (Å²) in [5, 5.41) is 0. The first-order chi connectivity index (χ1) is 12.2. The fourth-order valence-corrected chi connectivity index (χ4v) is 3.29. The fourth-order valence-electron chi connectivity index (χ4n) is 3.29. The Bertz CT molecular complexity index is 727. The van der Waals surface area contributed by atoms with Crippen LogP contribution in [0.5, 0.6) is 0 Å². The maximum absolute atomic E-state index is 4.25. The van der Waals surface area contributed by atoms with Gasteiger partial charge in [-0.3, -0.25) is 0 Å². The van der Waals surface area contributed by atoms with E-state index in [4.69, 9.17) is 0 Å². The van der Waals surface area contributed by atoms with Gasteiger partial charge in [-0.15, -0.1) is 0 Å². The summed E-state index contributed by atoms with van der Waals surface area (Å²) >= 11 is 0. The number of hydrogen-bond donors (Lipinski definition) is 0. The van der Waals surface area contributed by atoms with Crippen LogP contribution in [0.4, 0.5) is 5.69 Å². The number of benzene rings is 1. The summed E-state index contributed by atoms with van der Waals surface area (Å²) in [6.07, 6.45) is 9.12. The number of rotatable bonds is 3. The maximum Gasteiger partial charge on any atom is 0.228 e. The van der Waals surface area contributed by atoms with Gasteiger partial charge < -0.3 is 4.90 Å². The minimum absolute atomic E-state index is 1.13. The Kier molecular flexibility index (Phi) is 7.00. The highest BCUT2D eigenvalue weighted by molar-refractivity contribution is 5.83. The van der Waals surface area contributed by atoms with Gasteiger partial charge in [-0.05, 0) is 36.8 Å². The van der Waals surface area contributed by atoms with E-state index in [1.54, 1.807) is 0 Å². The van der Waals surface area contributed by atoms with E-state index in [0.717, 1.165) is 18.5 Å². The van der Waals surface area contributed by atoms with Gasteiger partial charge >= 0.3 is 0 Å². The molecule has 2 heteroatoms. The second-order valence-electron chi connectivity index (χ2n) is 6.39. The molecular formula is C23H31N2+. The van der Waals surface area contributed by atoms with E-state index < -0.39 is 0 Å². The van der Waals surface area contributed by atoms with E-state index in [1.807, 2.05) is 20.0 Å². The molecule has 1 aliphatic carbocycles. The summed E-state index contributed by atoms with van der Waals surface area (Å²) in [4.78, 5) is 5.63. The van der Waals surface area contributed by atoms with Crippen LogP contribution in [0.1, 0.15) is 45.2 Å². The van der Waals surface area contributed by atoms with Crippen LogP contribution in [-0.4, -0.2) is 14.1 Å². The number of nitrogens with zero attached hydrogens (tertiary/aromatic N) is 1. The number of H-pyrrole nitrogens is 1. The van der Waals surface area contributed by atoms with Gasteiger partial charge in [0.1, 0.15) is 5.69 Å². The molecule has 3 rings (SSSR count). The molecule has 2 nitrogen and oxygen atoms in total. The first-order valence-corrected chi connectivity index (χ1v) is 9.33. The van der Waals surface area contributed by atoms with E-state index in [1.165, 1.54) is 40.8 Å². The molecule has 1 fully saturated rings. The van der Waals surface area contributed by atoms with E-state index in [9.17, 15) is 0 Å². The first-order valence-electron chi connectivity index (χ1n) is 9.33. The minimum atomic E-state index is 1.13. The summed E-state index contributed by atoms with van der Waals surface area (Å²) in [5.74, 6) is 0. The molecule has 0 spiro atoms. The summed E-state index contributed by atoms with van der Waals surface area (Å²) in [6, 6.07) is 12.7. The maximum atomic E-state index is 4.25. The van der Waals surface area contributed by atoms with Crippen molar-refractivity contribution in [2.75, 3.05) is 19.0 Å². The van der Waals surface area contributed by atoms with Crippen LogP contribution < -0.4 is 9.88 Å². The van der Waals surface area contributed by atoms with Gasteiger partial charge in [0.05, 0.1) is 0 Å². The van der Waals surface area contributed by atoms with Crippen molar-refractivity contribution in [3.63, 3.8) is 0 Å². The van der Waals surface area contributed by atoms with Crippen molar-refractivity contribution in [2.45, 2.75) is 39.5 Å². The van der Waals surface area contributed by atoms with Gasteiger partial charge in [-0.2, -0.15) is 0 Å². The van der Waals surface area contributed by atoms with E-state index in [0.29, 0.717) is 0 Å². The molecule has 2 aromatic rings. The Hall–Kier alpha value is -2.35. The van der Waals surface area contributed by atoms with Crippen LogP contribution in [0.15, 0.2) is 60.3 Å². The highest BCUT2D eigenvalue weighted by Crippen LogP contribution is 2.34. The zero-order valence-electron chi connectivity index (χ0n) is 16.1. The molecule has 0 aliphatic heterocycles. The highest BCUT2D eigenvalue weighted by Gasteiger charge is 2.18. The molecule has 1 aliphatic rings. The van der Waals surface area contributed by atoms with Gasteiger partial charge in [0.25, 0.3) is 0 Å². The third-order valence-electron chi connectivity index (χ3n) is 4.48. The molecule has 25 heavy (non-hydrogen) atoms. The molecule has 1 saturated carbocycles. The van der Waals surface area contributed by atoms with Crippen molar-refractivity contribution in [1.82, 2.24) is 0 Å². The summed E-state index contributed by atoms with van der Waals surface area (Å²) in [5.41, 5.74) is 7.56. The van der Waals surface area contributed by atoms with Crippen molar-refractivity contribution in [3.05, 3.63) is 66.0 Å². The van der Waals surface area contributed by atoms with E-state index in [-0.39, 0.29) is 0 Å². The first kappa shape index (κ1) is 19.0. The van der Waals surface area contributed by atoms with Crippen molar-refractivity contribution in [2.24, 2.45) is 0 Å². The van der Waals surface area contributed by atoms with Gasteiger partial charge in [-0.1, -0.05) is 56.3 Å². The third-order valence-corrected chi connectivity index (χ3v) is 4.48. The molecule has 1 aromatic heterocycles. The number of allylic oxidation sites excluding steroid dienone is 2. The number of aromatic amines is 1. The predicted molar refractivity (Wildman–Crippen MR) is 110 cm³/mol. The molecule has 1 aromatic carbocycles. The predicted octanol–water partition coefficient (Wildman–Crippen LogP) is 5.77. The molecule has 0 radical (unpaired) electrons. The molecule has 0 saturated heterocycles. The van der Waals surface area contributed by atoms with E-state index in [2.05, 4.69) is 73.0 Å². The Balaban J connectivity index is 0.00000109. The van der Waals surface area contributed by atoms with Crippen molar-refractivity contribution in [3.8, 4) is 11.1 Å². The lowest BCUT2D eigenvalue weighted by Crippen LogP contribution is -2.19. The van der Waals surface area contributed by atoms with Crippen LogP contribution in [0, 0.1) is 0 Å². The Morgan fingerprint density at radius 3 is 2.32 bits per heavy atom. The zero-order valence-corrected chi connectivity index (χ0v) is 16.1. The Morgan fingerprint density at radius 2 is 1.68 bits per heavy atom. The lowest BCUT2D eigenvalue weighted by atomic mass is 9.89. The largest absolute Gasteiger partial charge is 0.372 e. The minimum Gasteiger partial charge on any atom is -0.372 e. The lowest BCUT2D eigenvalue weighted by Gasteiger charge is -2.19. The summed E-state index contributed by atoms with van der Waals surface area (Å²) in [6.45, 7) is 8.25. The SMILES string of the molecule is C=C1CCCC/C1=C/c1[nH+]ccc(-c2ccccc2)c1N(C)C.CC. The van der Waals surface area contributed by atoms with Crippen molar-refractivity contribution < 1.29 is 4.98 Å². The van der Waals surface area contributed by atoms with Gasteiger partial charge in [0.15, 0.2) is 6.20 Å². The van der Waals surface area contributed by atoms with Gasteiger partial charge in [0, 0.05) is 31.8 Å². The van der Waals surface area contributed by atoms with Crippen LogP contribution in [0.25, 0.3) is 17.2 Å². The van der Waals surface area contributed by atoms with Crippen LogP contribution >= 0.6 is 0 Å². The molecule has 1 heterocycles. The number of nitrogens with one attached hydrogen (secondary N) is 1. The molecule has 0 atom stereocenters. The highest BCUT2D eigenvalue weighted by atomic mass is 15.1. The third kappa shape index (κ3) is 4.60. The molecule has 1 N–H and O–H groups in total. The monoisotopic (exact) mass is 335 g/mol. The zero-order chi connectivity index (χ0) is 18.2. The second kappa shape index (κ2) is 9.22. The molecular weight excluding hydrogens is 304 g/mol. The Labute approximate surface area is 152 Å². The summed E-state index contributed by atoms with van der Waals surface area (Å²) < 4.78 is 0. The molecule has 0 bridgehead atoms. The topological polar surface area (TPSA) is 17.4 Å². The second-order valence-corrected chi connectivity index (χ2v) is 6.39. The standard InChI is InChI=1S/C21H24N2.C2H6/c1-16-9-7-8-12-18(16)15-20-21(23(2)3)19(13-14-22-20)17-10-5-4-6-11-17;1-2/h4-6,10-11,13-15H,1,7-9,12H2,2-3H3;1-2H3/p+1/b18-15-;. The fraction of sp³-hybridized carbons (Fsp3) is 0.348. The molecule has 0 unspecified atom stereocenters. The van der Waals surface area contributed by atoms with Crippen molar-refractivity contribution >= 4 is 11.8 Å². The van der Waals surface area contributed by atoms with Gasteiger partial charge in [0.2, 0.25) is 5.69 Å². The summed E-state index contributed by atoms with van der Waals surface area (Å²) in [7, 11) is 4.21. The van der Waals surface area contributed by atoms with Gasteiger partial charge in [-0.25, -0.2) is 4.98 Å². The molecule has 132 valence electrons. The average molecular weight is 336 g/mol.